The van der Waals surface area contributed by atoms with E-state index in [1.165, 1.54) is 0 Å². The van der Waals surface area contributed by atoms with E-state index in [4.69, 9.17) is 5.73 Å². The smallest absolute Gasteiger partial charge is 0.0109 e. The van der Waals surface area contributed by atoms with Crippen molar-refractivity contribution in [1.29, 1.82) is 0 Å². The van der Waals surface area contributed by atoms with Crippen LogP contribution < -0.4 is 5.73 Å². The summed E-state index contributed by atoms with van der Waals surface area (Å²) in [6.07, 6.45) is 7.75. The first-order valence-corrected chi connectivity index (χ1v) is 2.39. The molecule has 1 heteroatoms. The van der Waals surface area contributed by atoms with Crippen LogP contribution in [0.5, 0.6) is 0 Å². The first-order valence-electron chi connectivity index (χ1n) is 2.39. The molecule has 1 nitrogen and oxygen atoms in total. The third-order valence-corrected chi connectivity index (χ3v) is 0.576. The Morgan fingerprint density at radius 3 is 2.57 bits per heavy atom. The van der Waals surface area contributed by atoms with Crippen LogP contribution in [-0.4, -0.2) is 6.54 Å². The van der Waals surface area contributed by atoms with Gasteiger partial charge >= 0.3 is 0 Å². The van der Waals surface area contributed by atoms with Crippen LogP contribution in [0, 0.1) is 0 Å². The summed E-state index contributed by atoms with van der Waals surface area (Å²) in [4.78, 5) is 0. The van der Waals surface area contributed by atoms with Crippen molar-refractivity contribution in [3.05, 3.63) is 24.3 Å². The van der Waals surface area contributed by atoms with Gasteiger partial charge in [0.05, 0.1) is 0 Å². The van der Waals surface area contributed by atoms with Crippen molar-refractivity contribution < 1.29 is 0 Å². The largest absolute Gasteiger partial charge is 0.327 e. The van der Waals surface area contributed by atoms with Crippen LogP contribution >= 0.6 is 0 Å². The molecular weight excluding hydrogens is 86.1 g/mol. The lowest BCUT2D eigenvalue weighted by atomic mass is 10.4. The highest BCUT2D eigenvalue weighted by atomic mass is 14.5. The average molecular weight is 97.2 g/mol. The van der Waals surface area contributed by atoms with Crippen LogP contribution in [0.1, 0.15) is 6.92 Å². The quantitative estimate of drug-likeness (QED) is 0.512. The Morgan fingerprint density at radius 2 is 2.14 bits per heavy atom. The standard InChI is InChI=1S/C6H11N/c1-2-3-4-5-6-7/h2-5H,6-7H2,1H3/b3-2+,5-4-. The first kappa shape index (κ1) is 6.44. The number of hydrogen-bond acceptors (Lipinski definition) is 1. The van der Waals surface area contributed by atoms with Gasteiger partial charge in [-0.05, 0) is 6.92 Å². The highest BCUT2D eigenvalue weighted by Crippen LogP contribution is 1.71. The summed E-state index contributed by atoms with van der Waals surface area (Å²) in [6.45, 7) is 2.60. The molecule has 0 saturated carbocycles. The minimum atomic E-state index is 0.629. The number of allylic oxidation sites excluding steroid dienone is 3. The van der Waals surface area contributed by atoms with Crippen LogP contribution in [0.25, 0.3) is 0 Å². The molecule has 7 heavy (non-hydrogen) atoms. The Balaban J connectivity index is 3.09. The number of hydrogen-bond donors (Lipinski definition) is 1. The Labute approximate surface area is 44.5 Å². The van der Waals surface area contributed by atoms with Gasteiger partial charge in [-0.2, -0.15) is 0 Å². The fourth-order valence-electron chi connectivity index (χ4n) is 0.268. The minimum absolute atomic E-state index is 0.629. The molecule has 0 atom stereocenters. The van der Waals surface area contributed by atoms with Crippen molar-refractivity contribution in [2.45, 2.75) is 6.92 Å². The van der Waals surface area contributed by atoms with Crippen molar-refractivity contribution in [2.24, 2.45) is 5.73 Å². The molecule has 0 bridgehead atoms. The van der Waals surface area contributed by atoms with Crippen LogP contribution in [0.3, 0.4) is 0 Å². The van der Waals surface area contributed by atoms with Gasteiger partial charge in [0.15, 0.2) is 0 Å². The van der Waals surface area contributed by atoms with Crippen LogP contribution in [0.4, 0.5) is 0 Å². The first-order chi connectivity index (χ1) is 3.41. The van der Waals surface area contributed by atoms with Crippen molar-refractivity contribution in [3.8, 4) is 0 Å². The van der Waals surface area contributed by atoms with Gasteiger partial charge in [0.25, 0.3) is 0 Å². The van der Waals surface area contributed by atoms with Gasteiger partial charge in [0.1, 0.15) is 0 Å². The Hall–Kier alpha value is -0.560. The highest BCUT2D eigenvalue weighted by Gasteiger charge is 1.57. The Bertz CT molecular complexity index is 72.2. The van der Waals surface area contributed by atoms with Gasteiger partial charge in [-0.1, -0.05) is 24.3 Å². The summed E-state index contributed by atoms with van der Waals surface area (Å²) in [5.41, 5.74) is 5.15. The minimum Gasteiger partial charge on any atom is -0.327 e. The molecule has 0 aliphatic rings. The van der Waals surface area contributed by atoms with Crippen molar-refractivity contribution in [2.75, 3.05) is 6.54 Å². The normalized spacial score (nSPS) is 11.7. The summed E-state index contributed by atoms with van der Waals surface area (Å²) < 4.78 is 0. The summed E-state index contributed by atoms with van der Waals surface area (Å²) in [6, 6.07) is 0. The van der Waals surface area contributed by atoms with Gasteiger partial charge in [-0.3, -0.25) is 0 Å². The molecule has 40 valence electrons. The fourth-order valence-corrected chi connectivity index (χ4v) is 0.268. The van der Waals surface area contributed by atoms with Crippen molar-refractivity contribution in [1.82, 2.24) is 0 Å². The summed E-state index contributed by atoms with van der Waals surface area (Å²) in [5, 5.41) is 0. The van der Waals surface area contributed by atoms with E-state index < -0.39 is 0 Å². The molecule has 0 aromatic carbocycles. The molecule has 0 saturated heterocycles. The third kappa shape index (κ3) is 5.44. The maximum atomic E-state index is 5.15. The lowest BCUT2D eigenvalue weighted by Crippen LogP contribution is -1.91. The van der Waals surface area contributed by atoms with E-state index in [0.29, 0.717) is 6.54 Å². The molecule has 0 radical (unpaired) electrons. The van der Waals surface area contributed by atoms with Crippen LogP contribution in [-0.2, 0) is 0 Å². The topological polar surface area (TPSA) is 26.0 Å². The van der Waals surface area contributed by atoms with Crippen molar-refractivity contribution in [3.63, 3.8) is 0 Å². The molecule has 0 unspecified atom stereocenters. The molecule has 0 aromatic heterocycles. The van der Waals surface area contributed by atoms with Crippen LogP contribution in [0.15, 0.2) is 24.3 Å². The summed E-state index contributed by atoms with van der Waals surface area (Å²) in [5.74, 6) is 0. The molecule has 2 N–H and O–H groups in total. The van der Waals surface area contributed by atoms with E-state index in [2.05, 4.69) is 0 Å². The van der Waals surface area contributed by atoms with Crippen molar-refractivity contribution >= 4 is 0 Å². The fraction of sp³-hybridized carbons (Fsp3) is 0.333. The van der Waals surface area contributed by atoms with Gasteiger partial charge < -0.3 is 5.73 Å². The summed E-state index contributed by atoms with van der Waals surface area (Å²) >= 11 is 0. The van der Waals surface area contributed by atoms with E-state index in [0.717, 1.165) is 0 Å². The van der Waals surface area contributed by atoms with Crippen LogP contribution in [0.2, 0.25) is 0 Å². The maximum absolute atomic E-state index is 5.15. The molecular formula is C6H11N. The zero-order valence-corrected chi connectivity index (χ0v) is 4.59. The van der Waals surface area contributed by atoms with E-state index >= 15 is 0 Å². The molecule has 0 heterocycles. The maximum Gasteiger partial charge on any atom is 0.0109 e. The average Bonchev–Trinajstić information content (AvgIpc) is 1.69. The number of nitrogens with two attached hydrogens (primary N) is 1. The molecule has 0 rings (SSSR count). The van der Waals surface area contributed by atoms with Gasteiger partial charge in [0, 0.05) is 6.54 Å². The number of rotatable bonds is 2. The SMILES string of the molecule is C/C=C/C=C\CN. The zero-order chi connectivity index (χ0) is 5.54. The Kier molecular flexibility index (Phi) is 5.00. The second-order valence-electron chi connectivity index (χ2n) is 1.19. The second kappa shape index (κ2) is 5.44. The third-order valence-electron chi connectivity index (χ3n) is 0.576. The molecule has 0 spiro atoms. The van der Waals surface area contributed by atoms with E-state index in [-0.39, 0.29) is 0 Å². The van der Waals surface area contributed by atoms with Gasteiger partial charge in [-0.25, -0.2) is 0 Å². The summed E-state index contributed by atoms with van der Waals surface area (Å²) in [7, 11) is 0. The van der Waals surface area contributed by atoms with Gasteiger partial charge in [-0.15, -0.1) is 0 Å². The van der Waals surface area contributed by atoms with Gasteiger partial charge in [0.2, 0.25) is 0 Å². The molecule has 0 aliphatic heterocycles. The predicted octanol–water partition coefficient (Wildman–Crippen LogP) is 1.08. The molecule has 0 fully saturated rings. The predicted molar refractivity (Wildman–Crippen MR) is 33.0 cm³/mol. The molecule has 0 aromatic rings. The van der Waals surface area contributed by atoms with E-state index in [1.54, 1.807) is 0 Å². The van der Waals surface area contributed by atoms with E-state index in [9.17, 15) is 0 Å². The monoisotopic (exact) mass is 97.1 g/mol. The highest BCUT2D eigenvalue weighted by molar-refractivity contribution is 5.01. The van der Waals surface area contributed by atoms with E-state index in [1.807, 2.05) is 31.2 Å². The lowest BCUT2D eigenvalue weighted by molar-refractivity contribution is 1.25. The lowest BCUT2D eigenvalue weighted by Gasteiger charge is -1.71. The molecule has 0 aliphatic carbocycles. The Morgan fingerprint density at radius 1 is 1.43 bits per heavy atom. The second-order valence-corrected chi connectivity index (χ2v) is 1.19. The zero-order valence-electron chi connectivity index (χ0n) is 4.59. The molecule has 0 amide bonds.